The van der Waals surface area contributed by atoms with Crippen molar-refractivity contribution < 1.29 is 4.74 Å². The van der Waals surface area contributed by atoms with Crippen molar-refractivity contribution in [3.05, 3.63) is 42.5 Å². The number of para-hydroxylation sites is 1. The van der Waals surface area contributed by atoms with Crippen LogP contribution in [-0.2, 0) is 6.42 Å². The highest BCUT2D eigenvalue weighted by molar-refractivity contribution is 5.34. The van der Waals surface area contributed by atoms with Gasteiger partial charge in [-0.25, -0.2) is 0 Å². The first-order chi connectivity index (χ1) is 7.90. The average molecular weight is 217 g/mol. The summed E-state index contributed by atoms with van der Waals surface area (Å²) in [7, 11) is 0. The second-order valence-corrected chi connectivity index (χ2v) is 4.19. The summed E-state index contributed by atoms with van der Waals surface area (Å²) in [6.07, 6.45) is 5.46. The second kappa shape index (κ2) is 5.71. The number of piperidine rings is 1. The van der Waals surface area contributed by atoms with Crippen molar-refractivity contribution in [3.63, 3.8) is 0 Å². The molecule has 0 aromatic heterocycles. The fourth-order valence-corrected chi connectivity index (χ4v) is 2.04. The van der Waals surface area contributed by atoms with E-state index in [-0.39, 0.29) is 0 Å². The highest BCUT2D eigenvalue weighted by Crippen LogP contribution is 2.21. The van der Waals surface area contributed by atoms with Crippen LogP contribution in [-0.4, -0.2) is 19.2 Å². The van der Waals surface area contributed by atoms with Gasteiger partial charge in [-0.05, 0) is 37.4 Å². The lowest BCUT2D eigenvalue weighted by atomic mass is 10.1. The molecule has 2 heteroatoms. The monoisotopic (exact) mass is 217 g/mol. The molecule has 0 saturated carbocycles. The average Bonchev–Trinajstić information content (AvgIpc) is 2.33. The van der Waals surface area contributed by atoms with Crippen molar-refractivity contribution in [1.29, 1.82) is 0 Å². The van der Waals surface area contributed by atoms with E-state index in [1.165, 1.54) is 12.0 Å². The molecular formula is C14H19NO. The van der Waals surface area contributed by atoms with Crippen LogP contribution in [0.3, 0.4) is 0 Å². The van der Waals surface area contributed by atoms with Crippen molar-refractivity contribution in [2.75, 3.05) is 13.1 Å². The topological polar surface area (TPSA) is 21.3 Å². The number of ether oxygens (including phenoxy) is 1. The van der Waals surface area contributed by atoms with Crippen LogP contribution in [0.4, 0.5) is 0 Å². The molecule has 0 amide bonds. The van der Waals surface area contributed by atoms with Gasteiger partial charge in [0.15, 0.2) is 0 Å². The highest BCUT2D eigenvalue weighted by Gasteiger charge is 2.15. The molecule has 1 aliphatic heterocycles. The Balaban J connectivity index is 2.04. The lowest BCUT2D eigenvalue weighted by Crippen LogP contribution is -2.37. The van der Waals surface area contributed by atoms with Crippen molar-refractivity contribution in [3.8, 4) is 5.75 Å². The summed E-state index contributed by atoms with van der Waals surface area (Å²) in [5, 5.41) is 3.36. The molecule has 0 radical (unpaired) electrons. The Morgan fingerprint density at radius 2 is 2.31 bits per heavy atom. The molecule has 1 aliphatic rings. The second-order valence-electron chi connectivity index (χ2n) is 4.19. The number of rotatable bonds is 4. The van der Waals surface area contributed by atoms with Gasteiger partial charge in [0.2, 0.25) is 0 Å². The van der Waals surface area contributed by atoms with Gasteiger partial charge < -0.3 is 10.1 Å². The maximum atomic E-state index is 6.03. The molecule has 2 rings (SSSR count). The number of nitrogens with one attached hydrogen (secondary N) is 1. The summed E-state index contributed by atoms with van der Waals surface area (Å²) in [4.78, 5) is 0. The van der Waals surface area contributed by atoms with Crippen LogP contribution in [0.5, 0.6) is 5.75 Å². The van der Waals surface area contributed by atoms with Gasteiger partial charge in [-0.15, -0.1) is 6.58 Å². The quantitative estimate of drug-likeness (QED) is 0.783. The molecule has 1 N–H and O–H groups in total. The molecule has 1 unspecified atom stereocenters. The fourth-order valence-electron chi connectivity index (χ4n) is 2.04. The van der Waals surface area contributed by atoms with Gasteiger partial charge in [0.1, 0.15) is 11.9 Å². The summed E-state index contributed by atoms with van der Waals surface area (Å²) in [6.45, 7) is 5.86. The molecule has 1 saturated heterocycles. The van der Waals surface area contributed by atoms with Crippen LogP contribution in [0, 0.1) is 0 Å². The normalized spacial score (nSPS) is 20.4. The molecule has 1 heterocycles. The van der Waals surface area contributed by atoms with E-state index in [1.54, 1.807) is 0 Å². The summed E-state index contributed by atoms with van der Waals surface area (Å²) in [5.41, 5.74) is 1.23. The van der Waals surface area contributed by atoms with Gasteiger partial charge in [0.25, 0.3) is 0 Å². The molecule has 0 spiro atoms. The molecule has 0 aliphatic carbocycles. The number of allylic oxidation sites excluding steroid dienone is 1. The Bertz CT molecular complexity index is 342. The van der Waals surface area contributed by atoms with E-state index in [1.807, 2.05) is 24.3 Å². The third kappa shape index (κ3) is 2.86. The van der Waals surface area contributed by atoms with Gasteiger partial charge in [0, 0.05) is 6.54 Å². The molecule has 1 aromatic rings. The first-order valence-electron chi connectivity index (χ1n) is 5.96. The molecule has 1 fully saturated rings. The summed E-state index contributed by atoms with van der Waals surface area (Å²) in [6, 6.07) is 8.23. The number of benzene rings is 1. The van der Waals surface area contributed by atoms with Crippen molar-refractivity contribution in [2.45, 2.75) is 25.4 Å². The molecular weight excluding hydrogens is 198 g/mol. The predicted octanol–water partition coefficient (Wildman–Crippen LogP) is 2.55. The zero-order chi connectivity index (χ0) is 11.2. The lowest BCUT2D eigenvalue weighted by Gasteiger charge is -2.25. The zero-order valence-electron chi connectivity index (χ0n) is 9.61. The number of hydrogen-bond donors (Lipinski definition) is 1. The first-order valence-corrected chi connectivity index (χ1v) is 5.96. The summed E-state index contributed by atoms with van der Waals surface area (Å²) >= 11 is 0. The van der Waals surface area contributed by atoms with Crippen LogP contribution in [0.2, 0.25) is 0 Å². The fraction of sp³-hybridized carbons (Fsp3) is 0.429. The van der Waals surface area contributed by atoms with Gasteiger partial charge in [0.05, 0.1) is 0 Å². The highest BCUT2D eigenvalue weighted by atomic mass is 16.5. The van der Waals surface area contributed by atoms with E-state index in [9.17, 15) is 0 Å². The standard InChI is InChI=1S/C14H19NO/c1-2-6-12-7-3-4-9-14(12)16-13-8-5-10-15-11-13/h2-4,7,9,13,15H,1,5-6,8,10-11H2. The Hall–Kier alpha value is -1.28. The van der Waals surface area contributed by atoms with Gasteiger partial charge in [-0.2, -0.15) is 0 Å². The van der Waals surface area contributed by atoms with E-state index in [0.29, 0.717) is 6.10 Å². The van der Waals surface area contributed by atoms with Crippen molar-refractivity contribution in [1.82, 2.24) is 5.32 Å². The summed E-state index contributed by atoms with van der Waals surface area (Å²) < 4.78 is 6.03. The minimum atomic E-state index is 0.319. The number of hydrogen-bond acceptors (Lipinski definition) is 2. The molecule has 86 valence electrons. The first kappa shape index (κ1) is 11.2. The SMILES string of the molecule is C=CCc1ccccc1OC1CCCNC1. The third-order valence-corrected chi connectivity index (χ3v) is 2.88. The minimum Gasteiger partial charge on any atom is -0.489 e. The molecule has 0 bridgehead atoms. The Kier molecular flexibility index (Phi) is 4.00. The van der Waals surface area contributed by atoms with E-state index in [4.69, 9.17) is 4.74 Å². The molecule has 16 heavy (non-hydrogen) atoms. The largest absolute Gasteiger partial charge is 0.489 e. The van der Waals surface area contributed by atoms with Crippen LogP contribution in [0.1, 0.15) is 18.4 Å². The predicted molar refractivity (Wildman–Crippen MR) is 66.9 cm³/mol. The molecule has 1 atom stereocenters. The third-order valence-electron chi connectivity index (χ3n) is 2.88. The van der Waals surface area contributed by atoms with E-state index in [2.05, 4.69) is 18.0 Å². The summed E-state index contributed by atoms with van der Waals surface area (Å²) in [5.74, 6) is 1.01. The van der Waals surface area contributed by atoms with Gasteiger partial charge in [-0.3, -0.25) is 0 Å². The van der Waals surface area contributed by atoms with Crippen molar-refractivity contribution in [2.24, 2.45) is 0 Å². The minimum absolute atomic E-state index is 0.319. The van der Waals surface area contributed by atoms with Crippen LogP contribution >= 0.6 is 0 Å². The van der Waals surface area contributed by atoms with Crippen LogP contribution in [0.15, 0.2) is 36.9 Å². The van der Waals surface area contributed by atoms with E-state index >= 15 is 0 Å². The van der Waals surface area contributed by atoms with E-state index in [0.717, 1.165) is 31.7 Å². The Morgan fingerprint density at radius 1 is 1.44 bits per heavy atom. The molecule has 2 nitrogen and oxygen atoms in total. The van der Waals surface area contributed by atoms with Crippen molar-refractivity contribution >= 4 is 0 Å². The lowest BCUT2D eigenvalue weighted by molar-refractivity contribution is 0.166. The molecule has 1 aromatic carbocycles. The Morgan fingerprint density at radius 3 is 3.06 bits per heavy atom. The van der Waals surface area contributed by atoms with Crippen LogP contribution in [0.25, 0.3) is 0 Å². The van der Waals surface area contributed by atoms with Gasteiger partial charge >= 0.3 is 0 Å². The van der Waals surface area contributed by atoms with Gasteiger partial charge in [-0.1, -0.05) is 24.3 Å². The smallest absolute Gasteiger partial charge is 0.123 e. The Labute approximate surface area is 97.3 Å². The van der Waals surface area contributed by atoms with Crippen LogP contribution < -0.4 is 10.1 Å². The zero-order valence-corrected chi connectivity index (χ0v) is 9.61. The maximum absolute atomic E-state index is 6.03. The van der Waals surface area contributed by atoms with E-state index < -0.39 is 0 Å². The maximum Gasteiger partial charge on any atom is 0.123 e.